The first-order valence-corrected chi connectivity index (χ1v) is 10.7. The highest BCUT2D eigenvalue weighted by Gasteiger charge is 2.41. The highest BCUT2D eigenvalue weighted by molar-refractivity contribution is 7.89. The van der Waals surface area contributed by atoms with Gasteiger partial charge in [-0.05, 0) is 65.8 Å². The summed E-state index contributed by atoms with van der Waals surface area (Å²) < 4.78 is 26.4. The minimum atomic E-state index is -3.08. The van der Waals surface area contributed by atoms with Gasteiger partial charge in [0.05, 0.1) is 5.75 Å². The molecule has 5 nitrogen and oxygen atoms in total. The van der Waals surface area contributed by atoms with E-state index < -0.39 is 10.0 Å². The summed E-state index contributed by atoms with van der Waals surface area (Å²) in [6.45, 7) is 13.7. The maximum Gasteiger partial charge on any atom is 0.211 e. The Morgan fingerprint density at radius 1 is 1.17 bits per heavy atom. The summed E-state index contributed by atoms with van der Waals surface area (Å²) in [7, 11) is -3.08. The summed E-state index contributed by atoms with van der Waals surface area (Å²) in [6.07, 6.45) is 4.08. The first-order valence-electron chi connectivity index (χ1n) is 9.03. The Labute approximate surface area is 142 Å². The molecule has 0 aromatic rings. The second-order valence-electron chi connectivity index (χ2n) is 8.77. The lowest BCUT2D eigenvalue weighted by molar-refractivity contribution is 0.0785. The van der Waals surface area contributed by atoms with Gasteiger partial charge in [-0.2, -0.15) is 0 Å². The molecule has 23 heavy (non-hydrogen) atoms. The van der Waals surface area contributed by atoms with Gasteiger partial charge in [-0.1, -0.05) is 6.92 Å². The maximum atomic E-state index is 11.8. The van der Waals surface area contributed by atoms with Crippen LogP contribution in [0.2, 0.25) is 0 Å². The average Bonchev–Trinajstić information content (AvgIpc) is 2.81. The van der Waals surface area contributed by atoms with E-state index in [2.05, 4.69) is 42.6 Å². The molecule has 0 amide bonds. The number of likely N-dealkylation sites (tertiary alicyclic amines) is 1. The lowest BCUT2D eigenvalue weighted by Crippen LogP contribution is -2.62. The van der Waals surface area contributed by atoms with E-state index in [1.807, 2.05) is 6.92 Å². The van der Waals surface area contributed by atoms with E-state index in [1.54, 1.807) is 0 Å². The molecule has 1 atom stereocenters. The zero-order valence-corrected chi connectivity index (χ0v) is 16.3. The third-order valence-corrected chi connectivity index (χ3v) is 6.62. The molecule has 2 aliphatic heterocycles. The number of hydrogen-bond acceptors (Lipinski definition) is 4. The maximum absolute atomic E-state index is 11.8. The first kappa shape index (κ1) is 19.2. The van der Waals surface area contributed by atoms with Gasteiger partial charge in [0.25, 0.3) is 0 Å². The van der Waals surface area contributed by atoms with Crippen molar-refractivity contribution in [3.05, 3.63) is 0 Å². The largest absolute Gasteiger partial charge is 0.307 e. The summed E-state index contributed by atoms with van der Waals surface area (Å²) >= 11 is 0. The summed E-state index contributed by atoms with van der Waals surface area (Å²) in [5, 5.41) is 3.74. The summed E-state index contributed by atoms with van der Waals surface area (Å²) in [4.78, 5) is 2.59. The van der Waals surface area contributed by atoms with Gasteiger partial charge < -0.3 is 5.32 Å². The molecule has 0 unspecified atom stereocenters. The van der Waals surface area contributed by atoms with Gasteiger partial charge >= 0.3 is 0 Å². The lowest BCUT2D eigenvalue weighted by Gasteiger charge is -2.49. The molecule has 2 rings (SSSR count). The van der Waals surface area contributed by atoms with Gasteiger partial charge in [0.2, 0.25) is 10.0 Å². The lowest BCUT2D eigenvalue weighted by atomic mass is 9.79. The Morgan fingerprint density at radius 2 is 1.78 bits per heavy atom. The van der Waals surface area contributed by atoms with E-state index in [-0.39, 0.29) is 16.8 Å². The molecule has 0 aromatic carbocycles. The van der Waals surface area contributed by atoms with Crippen LogP contribution in [-0.2, 0) is 10.0 Å². The Bertz CT molecular complexity index is 486. The Morgan fingerprint density at radius 3 is 2.35 bits per heavy atom. The smallest absolute Gasteiger partial charge is 0.211 e. The number of piperidine rings is 1. The van der Waals surface area contributed by atoms with Gasteiger partial charge in [-0.3, -0.25) is 4.90 Å². The molecule has 0 radical (unpaired) electrons. The average molecular weight is 346 g/mol. The van der Waals surface area contributed by atoms with Crippen LogP contribution in [0, 0.1) is 5.92 Å². The van der Waals surface area contributed by atoms with Crippen molar-refractivity contribution < 1.29 is 8.42 Å². The molecule has 6 heteroatoms. The van der Waals surface area contributed by atoms with Crippen molar-refractivity contribution in [2.75, 3.05) is 25.4 Å². The number of sulfonamides is 1. The summed E-state index contributed by atoms with van der Waals surface area (Å²) in [6, 6.07) is 0.596. The van der Waals surface area contributed by atoms with Crippen LogP contribution in [0.15, 0.2) is 0 Å². The fourth-order valence-corrected chi connectivity index (χ4v) is 5.64. The van der Waals surface area contributed by atoms with Crippen LogP contribution < -0.4 is 10.0 Å². The third kappa shape index (κ3) is 5.69. The predicted molar refractivity (Wildman–Crippen MR) is 96.1 cm³/mol. The Hall–Kier alpha value is -0.170. The molecule has 0 bridgehead atoms. The van der Waals surface area contributed by atoms with E-state index in [0.29, 0.717) is 24.9 Å². The van der Waals surface area contributed by atoms with Crippen molar-refractivity contribution >= 4 is 10.0 Å². The van der Waals surface area contributed by atoms with Gasteiger partial charge in [0, 0.05) is 30.2 Å². The van der Waals surface area contributed by atoms with E-state index in [1.165, 1.54) is 0 Å². The van der Waals surface area contributed by atoms with Gasteiger partial charge in [0.1, 0.15) is 0 Å². The molecule has 2 heterocycles. The van der Waals surface area contributed by atoms with Gasteiger partial charge in [-0.15, -0.1) is 0 Å². The van der Waals surface area contributed by atoms with Crippen molar-refractivity contribution in [2.45, 2.75) is 77.4 Å². The zero-order valence-electron chi connectivity index (χ0n) is 15.5. The molecule has 136 valence electrons. The number of nitrogens with one attached hydrogen (secondary N) is 2. The standard InChI is InChI=1S/C17H35N3O2S/c1-6-9-23(21,22)18-12-14-7-8-20(13-14)15-10-16(2,3)19-17(4,5)11-15/h14-15,18-19H,6-13H2,1-5H3/t14-/m1/s1. The minimum Gasteiger partial charge on any atom is -0.307 e. The van der Waals surface area contributed by atoms with E-state index >= 15 is 0 Å². The monoisotopic (exact) mass is 345 g/mol. The van der Waals surface area contributed by atoms with Crippen LogP contribution in [0.1, 0.15) is 60.3 Å². The molecule has 0 aliphatic carbocycles. The Kier molecular flexibility index (Phi) is 5.82. The minimum absolute atomic E-state index is 0.160. The molecule has 2 aliphatic rings. The van der Waals surface area contributed by atoms with E-state index in [0.717, 1.165) is 32.4 Å². The SMILES string of the molecule is CCCS(=O)(=O)NC[C@H]1CCN(C2CC(C)(C)NC(C)(C)C2)C1. The molecule has 2 N–H and O–H groups in total. The third-order valence-electron chi connectivity index (χ3n) is 5.07. The van der Waals surface area contributed by atoms with Crippen LogP contribution >= 0.6 is 0 Å². The molecule has 2 saturated heterocycles. The molecule has 0 spiro atoms. The fraction of sp³-hybridized carbons (Fsp3) is 1.00. The highest BCUT2D eigenvalue weighted by Crippen LogP contribution is 2.33. The Balaban J connectivity index is 1.87. The molecule has 0 saturated carbocycles. The van der Waals surface area contributed by atoms with Crippen LogP contribution in [-0.4, -0.2) is 55.8 Å². The van der Waals surface area contributed by atoms with E-state index in [4.69, 9.17) is 0 Å². The number of nitrogens with zero attached hydrogens (tertiary/aromatic N) is 1. The predicted octanol–water partition coefficient (Wildman–Crippen LogP) is 1.95. The van der Waals surface area contributed by atoms with Crippen molar-refractivity contribution in [3.63, 3.8) is 0 Å². The van der Waals surface area contributed by atoms with Crippen LogP contribution in [0.5, 0.6) is 0 Å². The molecule has 0 aromatic heterocycles. The van der Waals surface area contributed by atoms with E-state index in [9.17, 15) is 8.42 Å². The molecule has 2 fully saturated rings. The zero-order chi connectivity index (χ0) is 17.3. The summed E-state index contributed by atoms with van der Waals surface area (Å²) in [5.74, 6) is 0.683. The van der Waals surface area contributed by atoms with Crippen molar-refractivity contribution in [3.8, 4) is 0 Å². The van der Waals surface area contributed by atoms with Gasteiger partial charge in [0.15, 0.2) is 0 Å². The quantitative estimate of drug-likeness (QED) is 0.772. The van der Waals surface area contributed by atoms with Crippen LogP contribution in [0.25, 0.3) is 0 Å². The van der Waals surface area contributed by atoms with Gasteiger partial charge in [-0.25, -0.2) is 13.1 Å². The van der Waals surface area contributed by atoms with Crippen LogP contribution in [0.3, 0.4) is 0 Å². The van der Waals surface area contributed by atoms with Crippen molar-refractivity contribution in [1.82, 2.24) is 14.9 Å². The normalized spacial score (nSPS) is 29.0. The van der Waals surface area contributed by atoms with Crippen LogP contribution in [0.4, 0.5) is 0 Å². The molecular formula is C17H35N3O2S. The van der Waals surface area contributed by atoms with Crippen molar-refractivity contribution in [1.29, 1.82) is 0 Å². The number of hydrogen-bond donors (Lipinski definition) is 2. The first-order chi connectivity index (χ1) is 10.5. The van der Waals surface area contributed by atoms with Crippen molar-refractivity contribution in [2.24, 2.45) is 5.92 Å². The summed E-state index contributed by atoms with van der Waals surface area (Å²) in [5.41, 5.74) is 0.320. The number of rotatable bonds is 6. The second kappa shape index (κ2) is 6.98. The second-order valence-corrected chi connectivity index (χ2v) is 10.7. The topological polar surface area (TPSA) is 61.4 Å². The fourth-order valence-electron chi connectivity index (χ4n) is 4.47. The highest BCUT2D eigenvalue weighted by atomic mass is 32.2. The molecular weight excluding hydrogens is 310 g/mol.